The lowest BCUT2D eigenvalue weighted by Crippen LogP contribution is -3.11. The smallest absolute Gasteiger partial charge is 0.262 e. The zero-order valence-corrected chi connectivity index (χ0v) is 18.4. The summed E-state index contributed by atoms with van der Waals surface area (Å²) in [6.07, 6.45) is 5.45. The Morgan fingerprint density at radius 1 is 1.24 bits per heavy atom. The second-order valence-corrected chi connectivity index (χ2v) is 8.71. The van der Waals surface area contributed by atoms with Crippen molar-refractivity contribution in [2.45, 2.75) is 63.7 Å². The fourth-order valence-corrected chi connectivity index (χ4v) is 4.85. The molecule has 6 nitrogen and oxygen atoms in total. The van der Waals surface area contributed by atoms with E-state index in [9.17, 15) is 9.59 Å². The highest BCUT2D eigenvalue weighted by Gasteiger charge is 2.18. The SMILES string of the molecule is CC[NH+](CC)CCCn1c(SCC(=O)NC2CCCC2)nc2ccccc2c1=O. The number of aromatic nitrogens is 2. The molecule has 2 N–H and O–H groups in total. The van der Waals surface area contributed by atoms with Crippen LogP contribution in [-0.2, 0) is 11.3 Å². The molecule has 0 radical (unpaired) electrons. The van der Waals surface area contributed by atoms with Gasteiger partial charge in [-0.3, -0.25) is 14.2 Å². The number of carbonyl (C=O) groups excluding carboxylic acids is 1. The van der Waals surface area contributed by atoms with Gasteiger partial charge in [-0.15, -0.1) is 0 Å². The van der Waals surface area contributed by atoms with E-state index in [0.29, 0.717) is 34.4 Å². The Labute approximate surface area is 177 Å². The Balaban J connectivity index is 1.74. The van der Waals surface area contributed by atoms with Crippen molar-refractivity contribution in [1.82, 2.24) is 14.9 Å². The van der Waals surface area contributed by atoms with Crippen molar-refractivity contribution in [1.29, 1.82) is 0 Å². The number of carbonyl (C=O) groups is 1. The maximum absolute atomic E-state index is 13.1. The lowest BCUT2D eigenvalue weighted by atomic mass is 10.2. The van der Waals surface area contributed by atoms with Crippen molar-refractivity contribution in [2.24, 2.45) is 0 Å². The van der Waals surface area contributed by atoms with E-state index in [0.717, 1.165) is 38.9 Å². The number of rotatable bonds is 10. The fraction of sp³-hybridized carbons (Fsp3) is 0.591. The normalized spacial score (nSPS) is 14.7. The summed E-state index contributed by atoms with van der Waals surface area (Å²) >= 11 is 1.37. The Bertz CT molecular complexity index is 873. The van der Waals surface area contributed by atoms with Gasteiger partial charge in [0, 0.05) is 19.0 Å². The minimum Gasteiger partial charge on any atom is -0.353 e. The fourth-order valence-electron chi connectivity index (χ4n) is 4.02. The molecule has 1 aromatic carbocycles. The minimum absolute atomic E-state index is 0.0103. The Kier molecular flexibility index (Phi) is 8.12. The van der Waals surface area contributed by atoms with Crippen LogP contribution in [0, 0.1) is 0 Å². The van der Waals surface area contributed by atoms with Crippen molar-refractivity contribution < 1.29 is 9.69 Å². The lowest BCUT2D eigenvalue weighted by molar-refractivity contribution is -0.896. The van der Waals surface area contributed by atoms with Crippen LogP contribution in [0.15, 0.2) is 34.2 Å². The van der Waals surface area contributed by atoms with E-state index >= 15 is 0 Å². The van der Waals surface area contributed by atoms with Crippen molar-refractivity contribution in [3.63, 3.8) is 0 Å². The minimum atomic E-state index is -0.0103. The van der Waals surface area contributed by atoms with Crippen molar-refractivity contribution >= 4 is 28.6 Å². The second-order valence-electron chi connectivity index (χ2n) is 7.77. The molecule has 1 fully saturated rings. The number of fused-ring (bicyclic) bond motifs is 1. The standard InChI is InChI=1S/C22H32N4O2S/c1-3-25(4-2)14-9-15-26-21(28)18-12-7-8-13-19(18)24-22(26)29-16-20(27)23-17-10-5-6-11-17/h7-8,12-13,17H,3-6,9-11,14-16H2,1-2H3,(H,23,27)/p+1. The molecule has 0 bridgehead atoms. The van der Waals surface area contributed by atoms with E-state index in [1.165, 1.54) is 29.5 Å². The Morgan fingerprint density at radius 3 is 2.69 bits per heavy atom. The molecule has 29 heavy (non-hydrogen) atoms. The van der Waals surface area contributed by atoms with Gasteiger partial charge in [-0.05, 0) is 38.8 Å². The van der Waals surface area contributed by atoms with Gasteiger partial charge >= 0.3 is 0 Å². The van der Waals surface area contributed by atoms with E-state index in [-0.39, 0.29) is 11.5 Å². The molecule has 1 saturated carbocycles. The number of benzene rings is 1. The number of para-hydroxylation sites is 1. The third kappa shape index (κ3) is 5.82. The number of nitrogens with one attached hydrogen (secondary N) is 2. The summed E-state index contributed by atoms with van der Waals surface area (Å²) < 4.78 is 1.76. The van der Waals surface area contributed by atoms with E-state index < -0.39 is 0 Å². The van der Waals surface area contributed by atoms with E-state index in [4.69, 9.17) is 4.98 Å². The number of hydrogen-bond acceptors (Lipinski definition) is 4. The molecular formula is C22H33N4O2S+. The first kappa shape index (κ1) is 21.8. The summed E-state index contributed by atoms with van der Waals surface area (Å²) in [5, 5.41) is 4.40. The summed E-state index contributed by atoms with van der Waals surface area (Å²) in [7, 11) is 0. The van der Waals surface area contributed by atoms with Gasteiger partial charge in [-0.2, -0.15) is 0 Å². The van der Waals surface area contributed by atoms with Gasteiger partial charge in [0.05, 0.1) is 36.3 Å². The summed E-state index contributed by atoms with van der Waals surface area (Å²) in [6.45, 7) is 8.21. The van der Waals surface area contributed by atoms with E-state index in [1.54, 1.807) is 4.57 Å². The number of quaternary nitrogens is 1. The number of nitrogens with zero attached hydrogens (tertiary/aromatic N) is 2. The molecule has 0 aliphatic heterocycles. The predicted octanol–water partition coefficient (Wildman–Crippen LogP) is 1.86. The first-order chi connectivity index (χ1) is 14.1. The number of hydrogen-bond donors (Lipinski definition) is 2. The lowest BCUT2D eigenvalue weighted by Gasteiger charge is -2.17. The largest absolute Gasteiger partial charge is 0.353 e. The Hall–Kier alpha value is -1.86. The zero-order chi connectivity index (χ0) is 20.6. The molecule has 158 valence electrons. The van der Waals surface area contributed by atoms with Crippen LogP contribution in [0.1, 0.15) is 46.0 Å². The average molecular weight is 418 g/mol. The van der Waals surface area contributed by atoms with Crippen LogP contribution in [0.4, 0.5) is 0 Å². The molecular weight excluding hydrogens is 384 g/mol. The number of amides is 1. The molecule has 0 spiro atoms. The summed E-state index contributed by atoms with van der Waals surface area (Å²) in [4.78, 5) is 31.7. The van der Waals surface area contributed by atoms with Crippen molar-refractivity contribution in [3.05, 3.63) is 34.6 Å². The molecule has 0 saturated heterocycles. The van der Waals surface area contributed by atoms with Crippen LogP contribution in [0.5, 0.6) is 0 Å². The second kappa shape index (κ2) is 10.8. The molecule has 1 aromatic heterocycles. The van der Waals surface area contributed by atoms with Crippen LogP contribution in [0.3, 0.4) is 0 Å². The Morgan fingerprint density at radius 2 is 1.97 bits per heavy atom. The average Bonchev–Trinajstić information content (AvgIpc) is 3.24. The van der Waals surface area contributed by atoms with E-state index in [2.05, 4.69) is 19.2 Å². The quantitative estimate of drug-likeness (QED) is 0.457. The van der Waals surface area contributed by atoms with Gasteiger partial charge in [-0.25, -0.2) is 4.98 Å². The van der Waals surface area contributed by atoms with Crippen LogP contribution in [0.2, 0.25) is 0 Å². The monoisotopic (exact) mass is 417 g/mol. The predicted molar refractivity (Wildman–Crippen MR) is 119 cm³/mol. The van der Waals surface area contributed by atoms with Gasteiger partial charge in [0.15, 0.2) is 5.16 Å². The van der Waals surface area contributed by atoms with Gasteiger partial charge in [0.25, 0.3) is 5.56 Å². The van der Waals surface area contributed by atoms with Crippen LogP contribution in [0.25, 0.3) is 10.9 Å². The molecule has 1 aliphatic carbocycles. The van der Waals surface area contributed by atoms with Gasteiger partial charge in [-0.1, -0.05) is 36.7 Å². The van der Waals surface area contributed by atoms with Gasteiger partial charge in [0.1, 0.15) is 0 Å². The molecule has 1 heterocycles. The molecule has 7 heteroatoms. The van der Waals surface area contributed by atoms with Crippen LogP contribution >= 0.6 is 11.8 Å². The zero-order valence-electron chi connectivity index (χ0n) is 17.6. The van der Waals surface area contributed by atoms with Gasteiger partial charge < -0.3 is 10.2 Å². The summed E-state index contributed by atoms with van der Waals surface area (Å²) in [5.74, 6) is 0.325. The molecule has 0 unspecified atom stereocenters. The third-order valence-corrected chi connectivity index (χ3v) is 6.77. The third-order valence-electron chi connectivity index (χ3n) is 5.79. The summed E-state index contributed by atoms with van der Waals surface area (Å²) in [6, 6.07) is 7.77. The highest BCUT2D eigenvalue weighted by Crippen LogP contribution is 2.20. The molecule has 1 aliphatic rings. The van der Waals surface area contributed by atoms with Crippen molar-refractivity contribution in [3.8, 4) is 0 Å². The maximum Gasteiger partial charge on any atom is 0.262 e. The van der Waals surface area contributed by atoms with Crippen LogP contribution in [-0.4, -0.2) is 46.9 Å². The topological polar surface area (TPSA) is 68.4 Å². The van der Waals surface area contributed by atoms with Crippen LogP contribution < -0.4 is 15.8 Å². The first-order valence-electron chi connectivity index (χ1n) is 10.9. The maximum atomic E-state index is 13.1. The number of thioether (sulfide) groups is 1. The van der Waals surface area contributed by atoms with E-state index in [1.807, 2.05) is 24.3 Å². The highest BCUT2D eigenvalue weighted by atomic mass is 32.2. The summed E-state index contributed by atoms with van der Waals surface area (Å²) in [5.41, 5.74) is 0.686. The van der Waals surface area contributed by atoms with Crippen molar-refractivity contribution in [2.75, 3.05) is 25.4 Å². The molecule has 0 atom stereocenters. The first-order valence-corrected chi connectivity index (χ1v) is 11.9. The highest BCUT2D eigenvalue weighted by molar-refractivity contribution is 7.99. The van der Waals surface area contributed by atoms with Gasteiger partial charge in [0.2, 0.25) is 5.91 Å². The molecule has 2 aromatic rings. The molecule has 1 amide bonds. The molecule has 3 rings (SSSR count).